The predicted molar refractivity (Wildman–Crippen MR) is 70.8 cm³/mol. The molecule has 8 heteroatoms. The number of amides is 1. The van der Waals surface area contributed by atoms with E-state index in [0.29, 0.717) is 12.8 Å². The largest absolute Gasteiger partial charge is 0.481 e. The first-order valence-electron chi connectivity index (χ1n) is 6.04. The number of nitrogens with one attached hydrogen (secondary N) is 1. The van der Waals surface area contributed by atoms with E-state index >= 15 is 0 Å². The van der Waals surface area contributed by atoms with Crippen molar-refractivity contribution >= 4 is 27.8 Å². The van der Waals surface area contributed by atoms with Crippen LogP contribution in [0.3, 0.4) is 0 Å². The Kier molecular flexibility index (Phi) is 4.01. The number of carbonyl (C=O) groups is 2. The van der Waals surface area contributed by atoms with Gasteiger partial charge in [-0.25, -0.2) is 0 Å². The van der Waals surface area contributed by atoms with E-state index in [4.69, 9.17) is 5.11 Å². The molecule has 1 saturated carbocycles. The molecule has 0 bridgehead atoms. The summed E-state index contributed by atoms with van der Waals surface area (Å²) < 4.78 is 38.1. The number of carboxylic acids is 1. The molecule has 0 unspecified atom stereocenters. The Balaban J connectivity index is 2.12. The number of carbonyl (C=O) groups excluding carboxylic acids is 1. The molecule has 0 saturated heterocycles. The highest BCUT2D eigenvalue weighted by Crippen LogP contribution is 2.45. The number of alkyl halides is 3. The van der Waals surface area contributed by atoms with Gasteiger partial charge in [-0.05, 0) is 31.0 Å². The molecule has 1 aliphatic rings. The monoisotopic (exact) mass is 365 g/mol. The Hall–Kier alpha value is -1.57. The van der Waals surface area contributed by atoms with E-state index < -0.39 is 29.0 Å². The summed E-state index contributed by atoms with van der Waals surface area (Å²) >= 11 is 2.79. The molecule has 114 valence electrons. The van der Waals surface area contributed by atoms with Crippen molar-refractivity contribution < 1.29 is 27.9 Å². The van der Waals surface area contributed by atoms with Crippen LogP contribution in [0.5, 0.6) is 0 Å². The average Bonchev–Trinajstić information content (AvgIpc) is 3.16. The van der Waals surface area contributed by atoms with Gasteiger partial charge in [0.15, 0.2) is 0 Å². The molecule has 4 nitrogen and oxygen atoms in total. The minimum Gasteiger partial charge on any atom is -0.481 e. The summed E-state index contributed by atoms with van der Waals surface area (Å²) in [6, 6.07) is 3.12. The number of benzene rings is 1. The lowest BCUT2D eigenvalue weighted by Crippen LogP contribution is -2.34. The SMILES string of the molecule is O=C(NCC1(C(=O)O)CC1)c1ccc(Br)c(C(F)(F)F)c1. The summed E-state index contributed by atoms with van der Waals surface area (Å²) in [7, 11) is 0. The highest BCUT2D eigenvalue weighted by Gasteiger charge is 2.50. The van der Waals surface area contributed by atoms with Crippen LogP contribution in [0.15, 0.2) is 22.7 Å². The number of rotatable bonds is 4. The third-order valence-corrected chi connectivity index (χ3v) is 4.12. The van der Waals surface area contributed by atoms with E-state index in [1.54, 1.807) is 0 Å². The smallest absolute Gasteiger partial charge is 0.417 e. The van der Waals surface area contributed by atoms with Crippen molar-refractivity contribution in [3.05, 3.63) is 33.8 Å². The topological polar surface area (TPSA) is 66.4 Å². The van der Waals surface area contributed by atoms with E-state index in [1.807, 2.05) is 0 Å². The van der Waals surface area contributed by atoms with Crippen molar-refractivity contribution in [3.8, 4) is 0 Å². The molecule has 0 atom stereocenters. The first kappa shape index (κ1) is 15.8. The second kappa shape index (κ2) is 5.32. The second-order valence-electron chi connectivity index (χ2n) is 4.96. The second-order valence-corrected chi connectivity index (χ2v) is 5.81. The molecule has 1 aromatic carbocycles. The maximum Gasteiger partial charge on any atom is 0.417 e. The predicted octanol–water partition coefficient (Wildman–Crippen LogP) is 3.06. The Morgan fingerprint density at radius 2 is 1.95 bits per heavy atom. The van der Waals surface area contributed by atoms with Gasteiger partial charge in [-0.15, -0.1) is 0 Å². The fourth-order valence-corrected chi connectivity index (χ4v) is 2.32. The van der Waals surface area contributed by atoms with E-state index in [0.717, 1.165) is 12.1 Å². The lowest BCUT2D eigenvalue weighted by Gasteiger charge is -2.13. The van der Waals surface area contributed by atoms with Gasteiger partial charge in [0, 0.05) is 16.6 Å². The van der Waals surface area contributed by atoms with Crippen LogP contribution < -0.4 is 5.32 Å². The Labute approximate surface area is 126 Å². The number of carboxylic acid groups (broad SMARTS) is 1. The molecule has 21 heavy (non-hydrogen) atoms. The van der Waals surface area contributed by atoms with Crippen LogP contribution in [-0.2, 0) is 11.0 Å². The molecule has 1 amide bonds. The third-order valence-electron chi connectivity index (χ3n) is 3.43. The summed E-state index contributed by atoms with van der Waals surface area (Å²) in [5, 5.41) is 11.3. The summed E-state index contributed by atoms with van der Waals surface area (Å²) in [5.74, 6) is -1.73. The minimum absolute atomic E-state index is 0.0847. The number of hydrogen-bond acceptors (Lipinski definition) is 2. The van der Waals surface area contributed by atoms with Gasteiger partial charge < -0.3 is 10.4 Å². The van der Waals surface area contributed by atoms with Crippen LogP contribution in [0.25, 0.3) is 0 Å². The van der Waals surface area contributed by atoms with Crippen molar-refractivity contribution in [2.45, 2.75) is 19.0 Å². The molecule has 1 fully saturated rings. The van der Waals surface area contributed by atoms with Gasteiger partial charge in [-0.1, -0.05) is 15.9 Å². The highest BCUT2D eigenvalue weighted by atomic mass is 79.9. The van der Waals surface area contributed by atoms with Crippen LogP contribution in [0.1, 0.15) is 28.8 Å². The fraction of sp³-hybridized carbons (Fsp3) is 0.385. The van der Waals surface area contributed by atoms with Gasteiger partial charge in [-0.2, -0.15) is 13.2 Å². The summed E-state index contributed by atoms with van der Waals surface area (Å²) in [5.41, 5.74) is -2.07. The Morgan fingerprint density at radius 1 is 1.33 bits per heavy atom. The number of halogens is 4. The molecule has 0 radical (unpaired) electrons. The standard InChI is InChI=1S/C13H11BrF3NO3/c14-9-2-1-7(5-8(9)13(15,16)17)10(19)18-6-12(3-4-12)11(20)21/h1-2,5H,3-4,6H2,(H,18,19)(H,20,21). The molecule has 0 spiro atoms. The van der Waals surface area contributed by atoms with Crippen molar-refractivity contribution in [2.24, 2.45) is 5.41 Å². The molecule has 0 heterocycles. The summed E-state index contributed by atoms with van der Waals surface area (Å²) in [6.45, 7) is -0.0847. The van der Waals surface area contributed by atoms with Crippen molar-refractivity contribution in [1.82, 2.24) is 5.32 Å². The molecule has 0 aliphatic heterocycles. The van der Waals surface area contributed by atoms with Crippen LogP contribution in [0.2, 0.25) is 0 Å². The zero-order valence-electron chi connectivity index (χ0n) is 10.6. The normalized spacial score (nSPS) is 16.4. The van der Waals surface area contributed by atoms with Crippen molar-refractivity contribution in [2.75, 3.05) is 6.54 Å². The van der Waals surface area contributed by atoms with Crippen LogP contribution in [0.4, 0.5) is 13.2 Å². The van der Waals surface area contributed by atoms with Crippen LogP contribution in [0, 0.1) is 5.41 Å². The number of hydrogen-bond donors (Lipinski definition) is 2. The lowest BCUT2D eigenvalue weighted by atomic mass is 10.1. The molecular formula is C13H11BrF3NO3. The molecular weight excluding hydrogens is 355 g/mol. The van der Waals surface area contributed by atoms with E-state index in [2.05, 4.69) is 21.2 Å². The Morgan fingerprint density at radius 3 is 2.43 bits per heavy atom. The molecule has 2 N–H and O–H groups in total. The van der Waals surface area contributed by atoms with Crippen LogP contribution in [-0.4, -0.2) is 23.5 Å². The number of aliphatic carboxylic acids is 1. The van der Waals surface area contributed by atoms with Gasteiger partial charge in [0.25, 0.3) is 5.91 Å². The molecule has 1 aliphatic carbocycles. The van der Waals surface area contributed by atoms with E-state index in [-0.39, 0.29) is 16.6 Å². The first-order valence-corrected chi connectivity index (χ1v) is 6.83. The van der Waals surface area contributed by atoms with Crippen LogP contribution >= 0.6 is 15.9 Å². The average molecular weight is 366 g/mol. The van der Waals surface area contributed by atoms with E-state index in [1.165, 1.54) is 6.07 Å². The zero-order valence-corrected chi connectivity index (χ0v) is 12.2. The fourth-order valence-electron chi connectivity index (χ4n) is 1.85. The summed E-state index contributed by atoms with van der Waals surface area (Å²) in [4.78, 5) is 22.8. The maximum absolute atomic E-state index is 12.7. The highest BCUT2D eigenvalue weighted by molar-refractivity contribution is 9.10. The van der Waals surface area contributed by atoms with Crippen molar-refractivity contribution in [1.29, 1.82) is 0 Å². The molecule has 0 aromatic heterocycles. The lowest BCUT2D eigenvalue weighted by molar-refractivity contribution is -0.143. The van der Waals surface area contributed by atoms with Gasteiger partial charge in [0.1, 0.15) is 0 Å². The zero-order chi connectivity index (χ0) is 15.8. The quantitative estimate of drug-likeness (QED) is 0.861. The molecule has 1 aromatic rings. The van der Waals surface area contributed by atoms with Gasteiger partial charge >= 0.3 is 12.1 Å². The van der Waals surface area contributed by atoms with Gasteiger partial charge in [0.05, 0.1) is 11.0 Å². The minimum atomic E-state index is -4.58. The van der Waals surface area contributed by atoms with E-state index in [9.17, 15) is 22.8 Å². The Bertz CT molecular complexity index is 597. The summed E-state index contributed by atoms with van der Waals surface area (Å²) in [6.07, 6.45) is -3.67. The third kappa shape index (κ3) is 3.37. The van der Waals surface area contributed by atoms with Gasteiger partial charge in [-0.3, -0.25) is 9.59 Å². The van der Waals surface area contributed by atoms with Gasteiger partial charge in [0.2, 0.25) is 0 Å². The maximum atomic E-state index is 12.7. The van der Waals surface area contributed by atoms with Crippen molar-refractivity contribution in [3.63, 3.8) is 0 Å². The first-order chi connectivity index (χ1) is 9.66. The molecule has 2 rings (SSSR count).